The average molecular weight is 297 g/mol. The smallest absolute Gasteiger partial charge is 0.335 e. The minimum Gasteiger partial charge on any atom is -0.478 e. The number of pyridine rings is 1. The highest BCUT2D eigenvalue weighted by Crippen LogP contribution is 2.26. The third-order valence-corrected chi connectivity index (χ3v) is 3.41. The topological polar surface area (TPSA) is 97.7 Å². The number of nitro groups is 1. The Morgan fingerprint density at radius 2 is 2.09 bits per heavy atom. The normalized spacial score (nSPS) is 10.8. The highest BCUT2D eigenvalue weighted by atomic mass is 16.6. The Bertz CT molecular complexity index is 914. The molecule has 0 fully saturated rings. The number of carbonyl (C=O) groups is 1. The van der Waals surface area contributed by atoms with Crippen LogP contribution in [0.25, 0.3) is 16.9 Å². The summed E-state index contributed by atoms with van der Waals surface area (Å²) in [4.78, 5) is 25.9. The molecule has 2 aromatic heterocycles. The number of aromatic nitrogens is 2. The first-order chi connectivity index (χ1) is 10.5. The molecular formula is C15H11N3O4. The van der Waals surface area contributed by atoms with Gasteiger partial charge in [0, 0.05) is 29.6 Å². The predicted octanol–water partition coefficient (Wildman–Crippen LogP) is 2.92. The van der Waals surface area contributed by atoms with Crippen LogP contribution in [-0.4, -0.2) is 25.4 Å². The summed E-state index contributed by atoms with van der Waals surface area (Å²) in [6, 6.07) is 7.81. The molecule has 110 valence electrons. The van der Waals surface area contributed by atoms with Gasteiger partial charge in [-0.25, -0.2) is 9.78 Å². The summed E-state index contributed by atoms with van der Waals surface area (Å²) < 4.78 is 1.67. The van der Waals surface area contributed by atoms with Gasteiger partial charge in [-0.1, -0.05) is 12.1 Å². The molecule has 0 aliphatic carbocycles. The molecule has 0 unspecified atom stereocenters. The zero-order valence-electron chi connectivity index (χ0n) is 11.6. The van der Waals surface area contributed by atoms with E-state index < -0.39 is 10.9 Å². The predicted molar refractivity (Wildman–Crippen MR) is 79.0 cm³/mol. The number of imidazole rings is 1. The van der Waals surface area contributed by atoms with E-state index in [2.05, 4.69) is 4.98 Å². The summed E-state index contributed by atoms with van der Waals surface area (Å²) in [6.45, 7) is 1.67. The minimum absolute atomic E-state index is 0.0285. The molecule has 22 heavy (non-hydrogen) atoms. The Kier molecular flexibility index (Phi) is 3.10. The molecule has 3 rings (SSSR count). The Labute approximate surface area is 124 Å². The van der Waals surface area contributed by atoms with Crippen molar-refractivity contribution >= 4 is 17.3 Å². The third-order valence-electron chi connectivity index (χ3n) is 3.41. The first-order valence-electron chi connectivity index (χ1n) is 6.43. The van der Waals surface area contributed by atoms with Crippen molar-refractivity contribution < 1.29 is 14.8 Å². The van der Waals surface area contributed by atoms with E-state index >= 15 is 0 Å². The van der Waals surface area contributed by atoms with Gasteiger partial charge in [0.2, 0.25) is 0 Å². The molecule has 7 nitrogen and oxygen atoms in total. The van der Waals surface area contributed by atoms with E-state index in [1.54, 1.807) is 35.9 Å². The van der Waals surface area contributed by atoms with Gasteiger partial charge in [0.1, 0.15) is 5.65 Å². The molecule has 2 heterocycles. The van der Waals surface area contributed by atoms with Gasteiger partial charge in [-0.05, 0) is 19.1 Å². The number of hydrogen-bond acceptors (Lipinski definition) is 4. The maximum Gasteiger partial charge on any atom is 0.335 e. The maximum absolute atomic E-state index is 11.0. The Morgan fingerprint density at radius 3 is 2.77 bits per heavy atom. The summed E-state index contributed by atoms with van der Waals surface area (Å²) in [6.07, 6.45) is 3.30. The van der Waals surface area contributed by atoms with Gasteiger partial charge < -0.3 is 9.51 Å². The Morgan fingerprint density at radius 1 is 1.32 bits per heavy atom. The first kappa shape index (κ1) is 13.7. The lowest BCUT2D eigenvalue weighted by Crippen LogP contribution is -1.96. The fourth-order valence-corrected chi connectivity index (χ4v) is 2.22. The van der Waals surface area contributed by atoms with Crippen LogP contribution in [-0.2, 0) is 0 Å². The van der Waals surface area contributed by atoms with E-state index in [1.165, 1.54) is 18.2 Å². The zero-order valence-corrected chi connectivity index (χ0v) is 11.6. The van der Waals surface area contributed by atoms with Crippen LogP contribution in [0.4, 0.5) is 5.69 Å². The van der Waals surface area contributed by atoms with Gasteiger partial charge in [0.15, 0.2) is 0 Å². The molecule has 0 saturated heterocycles. The lowest BCUT2D eigenvalue weighted by Gasteiger charge is -1.99. The van der Waals surface area contributed by atoms with E-state index in [4.69, 9.17) is 5.11 Å². The molecular weight excluding hydrogens is 286 g/mol. The van der Waals surface area contributed by atoms with Crippen molar-refractivity contribution in [1.29, 1.82) is 0 Å². The van der Waals surface area contributed by atoms with Crippen molar-refractivity contribution in [2.45, 2.75) is 6.92 Å². The number of nitrogens with zero attached hydrogens (tertiary/aromatic N) is 3. The number of benzene rings is 1. The molecule has 3 aromatic rings. The zero-order chi connectivity index (χ0) is 15.9. The van der Waals surface area contributed by atoms with Crippen LogP contribution in [0.3, 0.4) is 0 Å². The van der Waals surface area contributed by atoms with E-state index in [0.717, 1.165) is 0 Å². The Hall–Kier alpha value is -3.22. The fourth-order valence-electron chi connectivity index (χ4n) is 2.22. The van der Waals surface area contributed by atoms with Crippen LogP contribution in [0.1, 0.15) is 15.9 Å². The van der Waals surface area contributed by atoms with E-state index in [1.807, 2.05) is 0 Å². The quantitative estimate of drug-likeness (QED) is 0.592. The second kappa shape index (κ2) is 4.96. The molecule has 0 aliphatic heterocycles. The highest BCUT2D eigenvalue weighted by molar-refractivity contribution is 5.88. The van der Waals surface area contributed by atoms with Crippen LogP contribution in [0.5, 0.6) is 0 Å². The lowest BCUT2D eigenvalue weighted by molar-refractivity contribution is -0.385. The fraction of sp³-hybridized carbons (Fsp3) is 0.0667. The molecule has 0 atom stereocenters. The van der Waals surface area contributed by atoms with E-state index in [0.29, 0.717) is 22.5 Å². The maximum atomic E-state index is 11.0. The van der Waals surface area contributed by atoms with Crippen LogP contribution in [0.15, 0.2) is 42.7 Å². The molecule has 1 N–H and O–H groups in total. The van der Waals surface area contributed by atoms with Crippen LogP contribution in [0, 0.1) is 17.0 Å². The van der Waals surface area contributed by atoms with E-state index in [-0.39, 0.29) is 11.3 Å². The van der Waals surface area contributed by atoms with Crippen LogP contribution in [0.2, 0.25) is 0 Å². The third kappa shape index (κ3) is 2.28. The summed E-state index contributed by atoms with van der Waals surface area (Å²) in [5.74, 6) is -1.03. The van der Waals surface area contributed by atoms with Crippen LogP contribution >= 0.6 is 0 Å². The summed E-state index contributed by atoms with van der Waals surface area (Å²) in [5, 5.41) is 20.0. The van der Waals surface area contributed by atoms with Gasteiger partial charge in [0.05, 0.1) is 16.2 Å². The Balaban J connectivity index is 2.12. The minimum atomic E-state index is -1.03. The molecule has 0 spiro atoms. The number of nitro benzene ring substituents is 1. The van der Waals surface area contributed by atoms with Crippen molar-refractivity contribution in [3.8, 4) is 11.3 Å². The largest absolute Gasteiger partial charge is 0.478 e. The molecule has 0 radical (unpaired) electrons. The molecule has 0 amide bonds. The number of rotatable bonds is 3. The second-order valence-corrected chi connectivity index (χ2v) is 4.87. The number of aromatic carboxylic acids is 1. The summed E-state index contributed by atoms with van der Waals surface area (Å²) in [7, 11) is 0. The van der Waals surface area contributed by atoms with Crippen molar-refractivity contribution in [2.24, 2.45) is 0 Å². The summed E-state index contributed by atoms with van der Waals surface area (Å²) in [5.41, 5.74) is 2.37. The number of fused-ring (bicyclic) bond motifs is 1. The SMILES string of the molecule is Cc1ccc(-c2cn3ccc(C(=O)O)cc3n2)cc1[N+](=O)[O-]. The number of carboxylic acid groups (broad SMARTS) is 1. The summed E-state index contributed by atoms with van der Waals surface area (Å²) >= 11 is 0. The van der Waals surface area contributed by atoms with Crippen molar-refractivity contribution in [1.82, 2.24) is 9.38 Å². The molecule has 7 heteroatoms. The van der Waals surface area contributed by atoms with Gasteiger partial charge in [0.25, 0.3) is 5.69 Å². The van der Waals surface area contributed by atoms with E-state index in [9.17, 15) is 14.9 Å². The number of hydrogen-bond donors (Lipinski definition) is 1. The average Bonchev–Trinajstić information content (AvgIpc) is 2.90. The van der Waals surface area contributed by atoms with Gasteiger partial charge in [-0.2, -0.15) is 0 Å². The monoisotopic (exact) mass is 297 g/mol. The molecule has 0 aliphatic rings. The van der Waals surface area contributed by atoms with Crippen molar-refractivity contribution in [3.63, 3.8) is 0 Å². The van der Waals surface area contributed by atoms with Crippen LogP contribution < -0.4 is 0 Å². The standard InChI is InChI=1S/C15H11N3O4/c1-9-2-3-10(6-13(9)18(21)22)12-8-17-5-4-11(15(19)20)7-14(17)16-12/h2-8H,1H3,(H,19,20). The molecule has 0 bridgehead atoms. The van der Waals surface area contributed by atoms with Gasteiger partial charge in [-0.3, -0.25) is 10.1 Å². The highest BCUT2D eigenvalue weighted by Gasteiger charge is 2.14. The van der Waals surface area contributed by atoms with Crippen molar-refractivity contribution in [2.75, 3.05) is 0 Å². The van der Waals surface area contributed by atoms with Gasteiger partial charge >= 0.3 is 5.97 Å². The second-order valence-electron chi connectivity index (χ2n) is 4.87. The lowest BCUT2D eigenvalue weighted by atomic mass is 10.1. The van der Waals surface area contributed by atoms with Crippen molar-refractivity contribution in [3.05, 3.63) is 64.0 Å². The molecule has 1 aromatic carbocycles. The molecule has 0 saturated carbocycles. The first-order valence-corrected chi connectivity index (χ1v) is 6.43. The number of carboxylic acids is 1. The van der Waals surface area contributed by atoms with Gasteiger partial charge in [-0.15, -0.1) is 0 Å². The number of aryl methyl sites for hydroxylation is 1.